The number of carbonyl (C=O) groups is 1. The van der Waals surface area contributed by atoms with E-state index in [0.717, 1.165) is 18.4 Å². The fourth-order valence-electron chi connectivity index (χ4n) is 3.27. The molecule has 2 N–H and O–H groups in total. The first-order valence-electron chi connectivity index (χ1n) is 10.6. The first-order chi connectivity index (χ1) is 11.6. The van der Waals surface area contributed by atoms with Gasteiger partial charge in [0.2, 0.25) is 5.91 Å². The minimum atomic E-state index is -0.226. The van der Waals surface area contributed by atoms with E-state index in [-0.39, 0.29) is 5.91 Å². The predicted octanol–water partition coefficient (Wildman–Crippen LogP) is 7.07. The third-order valence-corrected chi connectivity index (χ3v) is 5.06. The quantitative estimate of drug-likeness (QED) is 0.224. The van der Waals surface area contributed by atoms with Gasteiger partial charge in [0.15, 0.2) is 0 Å². The molecule has 2 heteroatoms. The molecule has 0 aromatic rings. The van der Waals surface area contributed by atoms with E-state index in [1.807, 2.05) is 6.92 Å². The normalized spacial score (nSPS) is 10.8. The molecule has 0 bridgehead atoms. The van der Waals surface area contributed by atoms with Gasteiger partial charge in [0.05, 0.1) is 0 Å². The third-order valence-electron chi connectivity index (χ3n) is 5.06. The minimum Gasteiger partial charge on any atom is -0.366 e. The van der Waals surface area contributed by atoms with E-state index in [2.05, 4.69) is 13.8 Å². The van der Waals surface area contributed by atoms with E-state index in [1.165, 1.54) is 95.5 Å². The topological polar surface area (TPSA) is 43.1 Å². The van der Waals surface area contributed by atoms with Gasteiger partial charge in [0.1, 0.15) is 0 Å². The van der Waals surface area contributed by atoms with Gasteiger partial charge in [-0.05, 0) is 32.6 Å². The second kappa shape index (κ2) is 17.0. The van der Waals surface area contributed by atoms with Gasteiger partial charge in [0.25, 0.3) is 0 Å². The van der Waals surface area contributed by atoms with Crippen LogP contribution in [-0.2, 0) is 4.79 Å². The summed E-state index contributed by atoms with van der Waals surface area (Å²) in [7, 11) is 0. The number of rotatable bonds is 17. The van der Waals surface area contributed by atoms with Crippen LogP contribution in [0.5, 0.6) is 0 Å². The molecule has 0 unspecified atom stereocenters. The summed E-state index contributed by atoms with van der Waals surface area (Å²) >= 11 is 0. The van der Waals surface area contributed by atoms with Crippen LogP contribution in [0.4, 0.5) is 0 Å². The number of amides is 1. The summed E-state index contributed by atoms with van der Waals surface area (Å²) in [4.78, 5) is 11.5. The van der Waals surface area contributed by atoms with Crippen molar-refractivity contribution in [2.24, 2.45) is 5.73 Å². The summed E-state index contributed by atoms with van der Waals surface area (Å²) in [6.45, 7) is 6.43. The van der Waals surface area contributed by atoms with Crippen LogP contribution in [0.1, 0.15) is 124 Å². The largest absolute Gasteiger partial charge is 0.366 e. The number of nitrogens with two attached hydrogens (primary N) is 1. The number of carbonyl (C=O) groups excluding carboxylic acids is 1. The lowest BCUT2D eigenvalue weighted by molar-refractivity contribution is -0.114. The van der Waals surface area contributed by atoms with Gasteiger partial charge < -0.3 is 5.73 Å². The first kappa shape index (κ1) is 23.2. The Morgan fingerprint density at radius 1 is 0.625 bits per heavy atom. The van der Waals surface area contributed by atoms with Crippen LogP contribution < -0.4 is 5.73 Å². The molecule has 0 aromatic heterocycles. The van der Waals surface area contributed by atoms with E-state index < -0.39 is 0 Å². The first-order valence-corrected chi connectivity index (χ1v) is 10.6. The highest BCUT2D eigenvalue weighted by Crippen LogP contribution is 2.21. The summed E-state index contributed by atoms with van der Waals surface area (Å²) in [5.41, 5.74) is 7.66. The molecule has 24 heavy (non-hydrogen) atoms. The van der Waals surface area contributed by atoms with Crippen molar-refractivity contribution in [2.75, 3.05) is 0 Å². The Balaban J connectivity index is 3.96. The summed E-state index contributed by atoms with van der Waals surface area (Å²) in [5.74, 6) is -0.226. The van der Waals surface area contributed by atoms with Gasteiger partial charge >= 0.3 is 0 Å². The molecule has 0 aromatic carbocycles. The Morgan fingerprint density at radius 3 is 1.29 bits per heavy atom. The maximum absolute atomic E-state index is 11.5. The van der Waals surface area contributed by atoms with Crippen molar-refractivity contribution in [3.05, 3.63) is 11.1 Å². The summed E-state index contributed by atoms with van der Waals surface area (Å²) in [6.07, 6.45) is 20.6. The number of hydrogen-bond donors (Lipinski definition) is 1. The average Bonchev–Trinajstić information content (AvgIpc) is 2.57. The highest BCUT2D eigenvalue weighted by Gasteiger charge is 2.07. The molecule has 0 aliphatic rings. The van der Waals surface area contributed by atoms with E-state index >= 15 is 0 Å². The van der Waals surface area contributed by atoms with Gasteiger partial charge in [-0.3, -0.25) is 4.79 Å². The molecule has 0 radical (unpaired) electrons. The van der Waals surface area contributed by atoms with Crippen LogP contribution in [-0.4, -0.2) is 5.91 Å². The van der Waals surface area contributed by atoms with E-state index in [0.29, 0.717) is 0 Å². The lowest BCUT2D eigenvalue weighted by Gasteiger charge is -2.11. The van der Waals surface area contributed by atoms with Crippen LogP contribution >= 0.6 is 0 Å². The number of unbranched alkanes of at least 4 members (excludes halogenated alkanes) is 12. The monoisotopic (exact) mass is 337 g/mol. The van der Waals surface area contributed by atoms with Crippen molar-refractivity contribution in [3.63, 3.8) is 0 Å². The molecule has 0 spiro atoms. The number of allylic oxidation sites excluding steroid dienone is 1. The standard InChI is InChI=1S/C22H43NO/c1-4-6-8-10-12-14-16-18-21(20(3)22(23)24)19-17-15-13-11-9-7-5-2/h4-19H2,1-3H3,(H2,23,24). The van der Waals surface area contributed by atoms with Crippen LogP contribution in [0.2, 0.25) is 0 Å². The zero-order valence-electron chi connectivity index (χ0n) is 16.8. The van der Waals surface area contributed by atoms with E-state index in [4.69, 9.17) is 5.73 Å². The van der Waals surface area contributed by atoms with E-state index in [9.17, 15) is 4.79 Å². The molecular formula is C22H43NO. The summed E-state index contributed by atoms with van der Waals surface area (Å²) in [6, 6.07) is 0. The minimum absolute atomic E-state index is 0.226. The van der Waals surface area contributed by atoms with Crippen molar-refractivity contribution in [2.45, 2.75) is 124 Å². The van der Waals surface area contributed by atoms with Crippen LogP contribution in [0, 0.1) is 0 Å². The van der Waals surface area contributed by atoms with E-state index in [1.54, 1.807) is 0 Å². The summed E-state index contributed by atoms with van der Waals surface area (Å²) in [5, 5.41) is 0. The zero-order valence-corrected chi connectivity index (χ0v) is 16.8. The Kier molecular flexibility index (Phi) is 16.5. The molecule has 0 fully saturated rings. The van der Waals surface area contributed by atoms with Crippen molar-refractivity contribution >= 4 is 5.91 Å². The molecule has 2 nitrogen and oxygen atoms in total. The SMILES string of the molecule is CCCCCCCCCC(CCCCCCCCC)=C(C)C(N)=O. The second-order valence-corrected chi connectivity index (χ2v) is 7.34. The third kappa shape index (κ3) is 13.6. The molecule has 0 atom stereocenters. The molecule has 0 aliphatic heterocycles. The van der Waals surface area contributed by atoms with Gasteiger partial charge in [-0.1, -0.05) is 96.5 Å². The van der Waals surface area contributed by atoms with Gasteiger partial charge in [-0.2, -0.15) is 0 Å². The van der Waals surface area contributed by atoms with Crippen molar-refractivity contribution < 1.29 is 4.79 Å². The van der Waals surface area contributed by atoms with Gasteiger partial charge in [-0.15, -0.1) is 0 Å². The Bertz CT molecular complexity index is 313. The highest BCUT2D eigenvalue weighted by atomic mass is 16.1. The number of primary amides is 1. The fraction of sp³-hybridized carbons (Fsp3) is 0.864. The average molecular weight is 338 g/mol. The van der Waals surface area contributed by atoms with Gasteiger partial charge in [-0.25, -0.2) is 0 Å². The highest BCUT2D eigenvalue weighted by molar-refractivity contribution is 5.92. The zero-order chi connectivity index (χ0) is 18.0. The smallest absolute Gasteiger partial charge is 0.244 e. The van der Waals surface area contributed by atoms with Crippen molar-refractivity contribution in [1.29, 1.82) is 0 Å². The second-order valence-electron chi connectivity index (χ2n) is 7.34. The Labute approximate surface area is 151 Å². The molecule has 142 valence electrons. The van der Waals surface area contributed by atoms with Crippen LogP contribution in [0.25, 0.3) is 0 Å². The van der Waals surface area contributed by atoms with Crippen molar-refractivity contribution in [3.8, 4) is 0 Å². The maximum atomic E-state index is 11.5. The molecule has 0 saturated heterocycles. The maximum Gasteiger partial charge on any atom is 0.244 e. The number of hydrogen-bond acceptors (Lipinski definition) is 1. The van der Waals surface area contributed by atoms with Crippen LogP contribution in [0.15, 0.2) is 11.1 Å². The molecule has 0 heterocycles. The lowest BCUT2D eigenvalue weighted by Crippen LogP contribution is -2.14. The van der Waals surface area contributed by atoms with Crippen LogP contribution in [0.3, 0.4) is 0 Å². The molecule has 0 rings (SSSR count). The summed E-state index contributed by atoms with van der Waals surface area (Å²) < 4.78 is 0. The fourth-order valence-corrected chi connectivity index (χ4v) is 3.27. The molecular weight excluding hydrogens is 294 g/mol. The Hall–Kier alpha value is -0.790. The predicted molar refractivity (Wildman–Crippen MR) is 107 cm³/mol. The lowest BCUT2D eigenvalue weighted by atomic mass is 9.95. The molecule has 0 saturated carbocycles. The van der Waals surface area contributed by atoms with Crippen molar-refractivity contribution in [1.82, 2.24) is 0 Å². The molecule has 0 aliphatic carbocycles. The Morgan fingerprint density at radius 2 is 0.958 bits per heavy atom. The van der Waals surface area contributed by atoms with Gasteiger partial charge in [0, 0.05) is 5.57 Å². The molecule has 1 amide bonds.